The quantitative estimate of drug-likeness (QED) is 0.200. The molecule has 1 aliphatic heterocycles. The fraction of sp³-hybridized carbons (Fsp3) is 0.538. The van der Waals surface area contributed by atoms with Gasteiger partial charge in [-0.15, -0.1) is 0 Å². The fourth-order valence-corrected chi connectivity index (χ4v) is 4.63. The maximum Gasteiger partial charge on any atom is 0.319 e. The Bertz CT molecular complexity index is 1240. The first-order valence-corrected chi connectivity index (χ1v) is 13.1. The van der Waals surface area contributed by atoms with E-state index in [2.05, 4.69) is 46.4 Å². The maximum atomic E-state index is 12.3. The van der Waals surface area contributed by atoms with Gasteiger partial charge in [-0.25, -0.2) is 19.7 Å². The van der Waals surface area contributed by atoms with E-state index in [0.717, 1.165) is 5.69 Å². The van der Waals surface area contributed by atoms with Gasteiger partial charge < -0.3 is 37.1 Å². The molecular weight excluding hydrogens is 502 g/mol. The fourth-order valence-electron chi connectivity index (χ4n) is 4.63. The van der Waals surface area contributed by atoms with Crippen LogP contribution >= 0.6 is 0 Å². The zero-order valence-corrected chi connectivity index (χ0v) is 22.6. The number of urea groups is 1. The van der Waals surface area contributed by atoms with Gasteiger partial charge in [-0.3, -0.25) is 9.47 Å². The van der Waals surface area contributed by atoms with E-state index in [0.29, 0.717) is 50.3 Å². The van der Waals surface area contributed by atoms with Crippen LogP contribution in [0.3, 0.4) is 0 Å². The number of carbonyl (C=O) groups is 1. The number of benzene rings is 1. The number of rotatable bonds is 10. The second-order valence-electron chi connectivity index (χ2n) is 10.8. The summed E-state index contributed by atoms with van der Waals surface area (Å²) >= 11 is 0. The lowest BCUT2D eigenvalue weighted by Gasteiger charge is -2.26. The molecular formula is C26H39N9O4. The molecule has 2 aromatic heterocycles. The van der Waals surface area contributed by atoms with Crippen molar-refractivity contribution in [1.29, 1.82) is 0 Å². The van der Waals surface area contributed by atoms with Gasteiger partial charge in [0.15, 0.2) is 17.7 Å². The predicted molar refractivity (Wildman–Crippen MR) is 148 cm³/mol. The number of hydrogen-bond donors (Lipinski definition) is 6. The third kappa shape index (κ3) is 6.81. The van der Waals surface area contributed by atoms with E-state index in [1.54, 1.807) is 4.57 Å². The molecule has 2 amide bonds. The molecule has 1 aromatic carbocycles. The van der Waals surface area contributed by atoms with E-state index in [1.807, 2.05) is 29.2 Å². The number of ether oxygens (including phenoxy) is 1. The Hall–Kier alpha value is -3.36. The Morgan fingerprint density at radius 2 is 1.87 bits per heavy atom. The van der Waals surface area contributed by atoms with E-state index in [1.165, 1.54) is 18.2 Å². The van der Waals surface area contributed by atoms with E-state index >= 15 is 0 Å². The summed E-state index contributed by atoms with van der Waals surface area (Å²) in [6.07, 6.45) is -0.427. The molecule has 39 heavy (non-hydrogen) atoms. The smallest absolute Gasteiger partial charge is 0.319 e. The molecule has 212 valence electrons. The normalized spacial score (nSPS) is 21.5. The molecule has 4 rings (SSSR count). The molecule has 13 nitrogen and oxygen atoms in total. The topological polar surface area (TPSA) is 190 Å². The van der Waals surface area contributed by atoms with Crippen LogP contribution in [0.2, 0.25) is 0 Å². The SMILES string of the molecule is CC(C)(C)c1ccc(NC(=O)NCCCN(CCN)C[C@H]2O[C@@H](n3cnc4c(N)ncnc43)[C@H](O)[C@H]2O)cc1. The molecule has 13 heteroatoms. The van der Waals surface area contributed by atoms with Gasteiger partial charge in [0, 0.05) is 31.9 Å². The number of nitrogens with zero attached hydrogens (tertiary/aromatic N) is 5. The summed E-state index contributed by atoms with van der Waals surface area (Å²) in [6, 6.07) is 7.54. The molecule has 0 bridgehead atoms. The highest BCUT2D eigenvalue weighted by Crippen LogP contribution is 2.32. The summed E-state index contributed by atoms with van der Waals surface area (Å²) in [5.41, 5.74) is 14.5. The van der Waals surface area contributed by atoms with Crippen molar-refractivity contribution in [1.82, 2.24) is 29.7 Å². The van der Waals surface area contributed by atoms with Crippen molar-refractivity contribution in [2.24, 2.45) is 5.73 Å². The molecule has 4 atom stereocenters. The number of aliphatic hydroxyl groups is 2. The lowest BCUT2D eigenvalue weighted by molar-refractivity contribution is -0.0439. The second kappa shape index (κ2) is 12.2. The average Bonchev–Trinajstić information content (AvgIpc) is 3.44. The highest BCUT2D eigenvalue weighted by Gasteiger charge is 2.44. The lowest BCUT2D eigenvalue weighted by Crippen LogP contribution is -2.43. The Morgan fingerprint density at radius 1 is 1.13 bits per heavy atom. The van der Waals surface area contributed by atoms with Gasteiger partial charge in [0.25, 0.3) is 0 Å². The highest BCUT2D eigenvalue weighted by molar-refractivity contribution is 5.89. The standard InChI is InChI=1S/C26H39N9O4/c1-26(2,3)16-5-7-17(8-6-16)33-25(38)29-10-4-11-34(12-9-27)13-18-20(36)21(37)24(39-18)35-15-32-19-22(28)30-14-31-23(19)35/h5-8,14-15,18,20-21,24,36-37H,4,9-13,27H2,1-3H3,(H2,28,30,31)(H2,29,33,38)/t18-,20+,21-,24-/m1/s1. The van der Waals surface area contributed by atoms with E-state index in [9.17, 15) is 15.0 Å². The molecule has 0 aliphatic carbocycles. The number of amides is 2. The van der Waals surface area contributed by atoms with Crippen LogP contribution in [0.5, 0.6) is 0 Å². The summed E-state index contributed by atoms with van der Waals surface area (Å²) < 4.78 is 7.60. The Balaban J connectivity index is 1.27. The minimum absolute atomic E-state index is 0.0477. The van der Waals surface area contributed by atoms with E-state index in [-0.39, 0.29) is 17.3 Å². The molecule has 3 heterocycles. The lowest BCUT2D eigenvalue weighted by atomic mass is 9.87. The molecule has 8 N–H and O–H groups in total. The Kier molecular flexibility index (Phi) is 8.97. The largest absolute Gasteiger partial charge is 0.387 e. The molecule has 1 aliphatic rings. The summed E-state index contributed by atoms with van der Waals surface area (Å²) in [6.45, 7) is 8.82. The van der Waals surface area contributed by atoms with Gasteiger partial charge in [0.05, 0.1) is 6.33 Å². The minimum atomic E-state index is -1.19. The van der Waals surface area contributed by atoms with Gasteiger partial charge in [-0.2, -0.15) is 0 Å². The molecule has 1 saturated heterocycles. The minimum Gasteiger partial charge on any atom is -0.387 e. The number of hydrogen-bond acceptors (Lipinski definition) is 10. The highest BCUT2D eigenvalue weighted by atomic mass is 16.6. The monoisotopic (exact) mass is 541 g/mol. The molecule has 0 unspecified atom stereocenters. The average molecular weight is 542 g/mol. The second-order valence-corrected chi connectivity index (χ2v) is 10.8. The van der Waals surface area contributed by atoms with Crippen molar-refractivity contribution in [3.05, 3.63) is 42.5 Å². The Morgan fingerprint density at radius 3 is 2.56 bits per heavy atom. The zero-order chi connectivity index (χ0) is 28.2. The molecule has 0 spiro atoms. The Labute approximate surface area is 227 Å². The zero-order valence-electron chi connectivity index (χ0n) is 22.6. The van der Waals surface area contributed by atoms with Crippen LogP contribution in [0.15, 0.2) is 36.9 Å². The predicted octanol–water partition coefficient (Wildman–Crippen LogP) is 0.798. The van der Waals surface area contributed by atoms with Gasteiger partial charge in [-0.05, 0) is 36.1 Å². The van der Waals surface area contributed by atoms with Crippen LogP contribution in [0, 0.1) is 0 Å². The van der Waals surface area contributed by atoms with E-state index < -0.39 is 24.5 Å². The van der Waals surface area contributed by atoms with Crippen LogP contribution in [0.25, 0.3) is 11.2 Å². The summed E-state index contributed by atoms with van der Waals surface area (Å²) in [5, 5.41) is 27.2. The number of carbonyl (C=O) groups excluding carboxylic acids is 1. The van der Waals surface area contributed by atoms with Crippen molar-refractivity contribution in [3.8, 4) is 0 Å². The van der Waals surface area contributed by atoms with Gasteiger partial charge >= 0.3 is 6.03 Å². The number of aromatic nitrogens is 4. The van der Waals surface area contributed by atoms with Crippen molar-refractivity contribution >= 4 is 28.7 Å². The van der Waals surface area contributed by atoms with Crippen molar-refractivity contribution in [2.75, 3.05) is 43.8 Å². The van der Waals surface area contributed by atoms with Crippen LogP contribution < -0.4 is 22.1 Å². The number of nitrogens with one attached hydrogen (secondary N) is 2. The number of nitrogens with two attached hydrogens (primary N) is 2. The first-order chi connectivity index (χ1) is 18.6. The number of aliphatic hydroxyl groups excluding tert-OH is 2. The van der Waals surface area contributed by atoms with E-state index in [4.69, 9.17) is 16.2 Å². The summed E-state index contributed by atoms with van der Waals surface area (Å²) in [7, 11) is 0. The van der Waals surface area contributed by atoms with Crippen LogP contribution in [0.1, 0.15) is 39.0 Å². The van der Waals surface area contributed by atoms with Crippen molar-refractivity contribution in [3.63, 3.8) is 0 Å². The van der Waals surface area contributed by atoms with Crippen molar-refractivity contribution in [2.45, 2.75) is 57.1 Å². The maximum absolute atomic E-state index is 12.3. The molecule has 0 saturated carbocycles. The molecule has 1 fully saturated rings. The molecule has 3 aromatic rings. The van der Waals surface area contributed by atoms with Crippen LogP contribution in [-0.4, -0.2) is 91.7 Å². The molecule has 0 radical (unpaired) electrons. The first-order valence-electron chi connectivity index (χ1n) is 13.1. The van der Waals surface area contributed by atoms with Crippen molar-refractivity contribution < 1.29 is 19.7 Å². The summed E-state index contributed by atoms with van der Waals surface area (Å²) in [5.74, 6) is 0.221. The van der Waals surface area contributed by atoms with Gasteiger partial charge in [0.2, 0.25) is 0 Å². The number of fused-ring (bicyclic) bond motifs is 1. The number of imidazole rings is 1. The number of nitrogen functional groups attached to an aromatic ring is 1. The van der Waals surface area contributed by atoms with Crippen LogP contribution in [0.4, 0.5) is 16.3 Å². The van der Waals surface area contributed by atoms with Crippen LogP contribution in [-0.2, 0) is 10.2 Å². The summed E-state index contributed by atoms with van der Waals surface area (Å²) in [4.78, 5) is 26.7. The third-order valence-corrected chi connectivity index (χ3v) is 6.83. The van der Waals surface area contributed by atoms with Gasteiger partial charge in [0.1, 0.15) is 30.2 Å². The third-order valence-electron chi connectivity index (χ3n) is 6.83. The number of anilines is 2. The van der Waals surface area contributed by atoms with Gasteiger partial charge in [-0.1, -0.05) is 32.9 Å². The first kappa shape index (κ1) is 28.6.